The molecular weight excluding hydrogens is 443 g/mol. The number of fused-ring (bicyclic) bond motifs is 4. The van der Waals surface area contributed by atoms with Crippen molar-refractivity contribution >= 4 is 6.09 Å². The van der Waals surface area contributed by atoms with Crippen LogP contribution in [0.3, 0.4) is 0 Å². The van der Waals surface area contributed by atoms with Gasteiger partial charge in [-0.05, 0) is 117 Å². The lowest BCUT2D eigenvalue weighted by atomic mass is 9.85. The number of benzene rings is 2. The second-order valence-electron chi connectivity index (χ2n) is 11.2. The first-order valence-electron chi connectivity index (χ1n) is 12.9. The fourth-order valence-electron chi connectivity index (χ4n) is 6.38. The number of hydrogen-bond donors (Lipinski definition) is 1. The predicted molar refractivity (Wildman–Crippen MR) is 135 cm³/mol. The SMILES string of the molecule is CCOc1c(C)cc(-c2cc3c(cc2F)C(NC(=O)O[C@@H]2CN4CCC2CC4)C(C)(C)C3)cc1C. The number of ether oxygens (including phenoxy) is 2. The van der Waals surface area contributed by atoms with Crippen molar-refractivity contribution < 1.29 is 18.7 Å². The summed E-state index contributed by atoms with van der Waals surface area (Å²) in [5.74, 6) is 1.04. The molecular formula is C29H37FN2O3. The Morgan fingerprint density at radius 1 is 1.14 bits per heavy atom. The molecule has 3 fully saturated rings. The maximum atomic E-state index is 15.5. The van der Waals surface area contributed by atoms with Gasteiger partial charge in [-0.15, -0.1) is 0 Å². The Morgan fingerprint density at radius 3 is 2.43 bits per heavy atom. The highest BCUT2D eigenvalue weighted by Gasteiger charge is 2.42. The third-order valence-corrected chi connectivity index (χ3v) is 8.14. The molecule has 3 heterocycles. The highest BCUT2D eigenvalue weighted by Crippen LogP contribution is 2.47. The summed E-state index contributed by atoms with van der Waals surface area (Å²) in [4.78, 5) is 15.3. The van der Waals surface area contributed by atoms with Crippen molar-refractivity contribution in [1.82, 2.24) is 10.2 Å². The number of nitrogens with zero attached hydrogens (tertiary/aromatic N) is 1. The molecule has 3 aliphatic heterocycles. The molecule has 2 aromatic carbocycles. The van der Waals surface area contributed by atoms with Crippen molar-refractivity contribution in [3.05, 3.63) is 52.3 Å². The normalized spacial score (nSPS) is 26.3. The highest BCUT2D eigenvalue weighted by molar-refractivity contribution is 5.72. The van der Waals surface area contributed by atoms with Crippen LogP contribution < -0.4 is 10.1 Å². The van der Waals surface area contributed by atoms with Crippen LogP contribution in [0.4, 0.5) is 9.18 Å². The van der Waals surface area contributed by atoms with Gasteiger partial charge < -0.3 is 14.8 Å². The molecule has 0 radical (unpaired) electrons. The quantitative estimate of drug-likeness (QED) is 0.574. The first kappa shape index (κ1) is 24.1. The molecule has 1 aliphatic carbocycles. The second-order valence-corrected chi connectivity index (χ2v) is 11.2. The number of nitrogens with one attached hydrogen (secondary N) is 1. The number of halogens is 1. The summed E-state index contributed by atoms with van der Waals surface area (Å²) in [6.07, 6.45) is 2.50. The van der Waals surface area contributed by atoms with E-state index in [9.17, 15) is 4.79 Å². The molecule has 0 saturated carbocycles. The van der Waals surface area contributed by atoms with Gasteiger partial charge in [-0.2, -0.15) is 0 Å². The second kappa shape index (κ2) is 9.12. The van der Waals surface area contributed by atoms with E-state index in [0.29, 0.717) is 18.1 Å². The Labute approximate surface area is 208 Å². The lowest BCUT2D eigenvalue weighted by Crippen LogP contribution is -2.53. The van der Waals surface area contributed by atoms with Gasteiger partial charge in [0.05, 0.1) is 12.6 Å². The fourth-order valence-corrected chi connectivity index (χ4v) is 6.38. The van der Waals surface area contributed by atoms with E-state index < -0.39 is 6.09 Å². The van der Waals surface area contributed by atoms with Crippen LogP contribution >= 0.6 is 0 Å². The number of carbonyl (C=O) groups excluding carboxylic acids is 1. The Hall–Kier alpha value is -2.60. The molecule has 1 amide bonds. The third kappa shape index (κ3) is 4.53. The fraction of sp³-hybridized carbons (Fsp3) is 0.552. The summed E-state index contributed by atoms with van der Waals surface area (Å²) in [5, 5.41) is 3.10. The van der Waals surface area contributed by atoms with Crippen molar-refractivity contribution in [2.45, 2.75) is 66.0 Å². The Bertz CT molecular complexity index is 1110. The van der Waals surface area contributed by atoms with Crippen LogP contribution in [-0.4, -0.2) is 43.3 Å². The number of amides is 1. The molecule has 6 rings (SSSR count). The van der Waals surface area contributed by atoms with E-state index in [2.05, 4.69) is 24.1 Å². The van der Waals surface area contributed by atoms with E-state index in [1.807, 2.05) is 39.0 Å². The first-order chi connectivity index (χ1) is 16.7. The maximum Gasteiger partial charge on any atom is 0.407 e. The van der Waals surface area contributed by atoms with Crippen LogP contribution in [0.15, 0.2) is 24.3 Å². The van der Waals surface area contributed by atoms with E-state index in [1.165, 1.54) is 0 Å². The van der Waals surface area contributed by atoms with Crippen LogP contribution in [0, 0.1) is 31.0 Å². The first-order valence-corrected chi connectivity index (χ1v) is 12.9. The molecule has 0 spiro atoms. The summed E-state index contributed by atoms with van der Waals surface area (Å²) >= 11 is 0. The van der Waals surface area contributed by atoms with Crippen LogP contribution in [0.5, 0.6) is 5.75 Å². The van der Waals surface area contributed by atoms with Crippen LogP contribution in [-0.2, 0) is 11.2 Å². The third-order valence-electron chi connectivity index (χ3n) is 8.14. The van der Waals surface area contributed by atoms with Gasteiger partial charge in [0.25, 0.3) is 0 Å². The minimum absolute atomic E-state index is 0.0493. The molecule has 2 aromatic rings. The topological polar surface area (TPSA) is 50.8 Å². The zero-order chi connectivity index (χ0) is 24.9. The average Bonchev–Trinajstić information content (AvgIpc) is 3.05. The Morgan fingerprint density at radius 2 is 1.83 bits per heavy atom. The summed E-state index contributed by atoms with van der Waals surface area (Å²) in [6.45, 7) is 13.8. The van der Waals surface area contributed by atoms with Gasteiger partial charge in [-0.25, -0.2) is 9.18 Å². The van der Waals surface area contributed by atoms with Gasteiger partial charge in [0.2, 0.25) is 0 Å². The maximum absolute atomic E-state index is 15.5. The standard InChI is InChI=1S/C29H37FN2O3/c1-6-34-26-17(2)11-20(12-18(26)3)22-13-21-15-29(4,5)27(23(21)14-24(22)30)31-28(33)35-25-16-32-9-7-19(25)8-10-32/h11-14,19,25,27H,6-10,15-16H2,1-5H3,(H,31,33)/t25-,27?/m1/s1. The van der Waals surface area contributed by atoms with Crippen LogP contribution in [0.1, 0.15) is 61.9 Å². The summed E-state index contributed by atoms with van der Waals surface area (Å²) in [6, 6.07) is 7.26. The molecule has 5 nitrogen and oxygen atoms in total. The molecule has 0 aromatic heterocycles. The van der Waals surface area contributed by atoms with E-state index in [-0.39, 0.29) is 23.4 Å². The predicted octanol–water partition coefficient (Wildman–Crippen LogP) is 5.95. The Kier molecular flexibility index (Phi) is 6.28. The van der Waals surface area contributed by atoms with Crippen molar-refractivity contribution in [2.75, 3.05) is 26.2 Å². The number of hydrogen-bond acceptors (Lipinski definition) is 4. The zero-order valence-corrected chi connectivity index (χ0v) is 21.5. The number of piperidine rings is 3. The van der Waals surface area contributed by atoms with Gasteiger partial charge in [0.1, 0.15) is 17.7 Å². The molecule has 4 aliphatic rings. The molecule has 188 valence electrons. The van der Waals surface area contributed by atoms with Gasteiger partial charge in [-0.1, -0.05) is 13.8 Å². The molecule has 1 unspecified atom stereocenters. The van der Waals surface area contributed by atoms with Gasteiger partial charge in [-0.3, -0.25) is 4.90 Å². The van der Waals surface area contributed by atoms with E-state index >= 15 is 4.39 Å². The number of rotatable bonds is 5. The average molecular weight is 481 g/mol. The van der Waals surface area contributed by atoms with E-state index in [4.69, 9.17) is 9.47 Å². The molecule has 2 atom stereocenters. The Balaban J connectivity index is 1.38. The smallest absolute Gasteiger partial charge is 0.407 e. The molecule has 35 heavy (non-hydrogen) atoms. The lowest BCUT2D eigenvalue weighted by Gasteiger charge is -2.44. The van der Waals surface area contributed by atoms with Crippen LogP contribution in [0.25, 0.3) is 11.1 Å². The minimum Gasteiger partial charge on any atom is -0.493 e. The lowest BCUT2D eigenvalue weighted by molar-refractivity contribution is -0.0349. The van der Waals surface area contributed by atoms with Crippen molar-refractivity contribution in [3.63, 3.8) is 0 Å². The minimum atomic E-state index is -0.392. The van der Waals surface area contributed by atoms with Crippen molar-refractivity contribution in [3.8, 4) is 16.9 Å². The number of alkyl carbamates (subject to hydrolysis) is 1. The molecule has 3 saturated heterocycles. The van der Waals surface area contributed by atoms with Gasteiger partial charge >= 0.3 is 6.09 Å². The molecule has 2 bridgehead atoms. The monoisotopic (exact) mass is 480 g/mol. The van der Waals surface area contributed by atoms with E-state index in [0.717, 1.165) is 72.5 Å². The summed E-state index contributed by atoms with van der Waals surface area (Å²) in [5.41, 5.74) is 5.11. The number of carbonyl (C=O) groups is 1. The van der Waals surface area contributed by atoms with Crippen molar-refractivity contribution in [2.24, 2.45) is 11.3 Å². The number of aryl methyl sites for hydroxylation is 2. The van der Waals surface area contributed by atoms with Gasteiger partial charge in [0.15, 0.2) is 0 Å². The van der Waals surface area contributed by atoms with Crippen molar-refractivity contribution in [1.29, 1.82) is 0 Å². The molecule has 1 N–H and O–H groups in total. The van der Waals surface area contributed by atoms with E-state index in [1.54, 1.807) is 6.07 Å². The zero-order valence-electron chi connectivity index (χ0n) is 21.5. The highest BCUT2D eigenvalue weighted by atomic mass is 19.1. The van der Waals surface area contributed by atoms with Gasteiger partial charge in [0, 0.05) is 12.1 Å². The summed E-state index contributed by atoms with van der Waals surface area (Å²) in [7, 11) is 0. The largest absolute Gasteiger partial charge is 0.493 e. The van der Waals surface area contributed by atoms with Crippen LogP contribution in [0.2, 0.25) is 0 Å². The molecule has 6 heteroatoms. The summed E-state index contributed by atoms with van der Waals surface area (Å²) < 4.78 is 27.1.